The number of hydrogen-bond donors (Lipinski definition) is 0. The van der Waals surface area contributed by atoms with Gasteiger partial charge in [0, 0.05) is 12.0 Å². The Balaban J connectivity index is 1.98. The number of ether oxygens (including phenoxy) is 3. The third-order valence-corrected chi connectivity index (χ3v) is 4.17. The summed E-state index contributed by atoms with van der Waals surface area (Å²) in [5, 5.41) is 12.6. The minimum Gasteiger partial charge on any atom is -0.711 e. The highest BCUT2D eigenvalue weighted by Crippen LogP contribution is 2.27. The zero-order valence-corrected chi connectivity index (χ0v) is 15.3. The number of epoxide rings is 1. The molecule has 1 aliphatic heterocycles. The zero-order chi connectivity index (χ0) is 19.1. The topological polar surface area (TPSA) is 97.0 Å². The minimum absolute atomic E-state index is 0.124. The van der Waals surface area contributed by atoms with Crippen LogP contribution in [0.25, 0.3) is 10.9 Å². The number of fused-ring (bicyclic) bond motifs is 1. The van der Waals surface area contributed by atoms with E-state index in [0.717, 1.165) is 16.5 Å². The molecule has 1 unspecified atom stereocenters. The predicted molar refractivity (Wildman–Crippen MR) is 92.7 cm³/mol. The van der Waals surface area contributed by atoms with Gasteiger partial charge in [0.15, 0.2) is 0 Å². The average molecular weight is 362 g/mol. The number of hydrogen-bond acceptors (Lipinski definition) is 6. The van der Waals surface area contributed by atoms with E-state index >= 15 is 0 Å². The highest BCUT2D eigenvalue weighted by atomic mass is 16.6. The first-order chi connectivity index (χ1) is 12.2. The molecule has 1 aromatic heterocycles. The predicted octanol–water partition coefficient (Wildman–Crippen LogP) is 1.13. The van der Waals surface area contributed by atoms with E-state index in [-0.39, 0.29) is 23.7 Å². The summed E-state index contributed by atoms with van der Waals surface area (Å²) in [6.45, 7) is 5.49. The first-order valence-corrected chi connectivity index (χ1v) is 8.32. The summed E-state index contributed by atoms with van der Waals surface area (Å²) < 4.78 is 17.4. The van der Waals surface area contributed by atoms with Gasteiger partial charge in [-0.15, -0.1) is 0 Å². The van der Waals surface area contributed by atoms with Crippen LogP contribution in [0.1, 0.15) is 26.3 Å². The fourth-order valence-electron chi connectivity index (χ4n) is 2.58. The summed E-state index contributed by atoms with van der Waals surface area (Å²) in [6, 6.07) is 3.20. The van der Waals surface area contributed by atoms with E-state index in [1.807, 2.05) is 0 Å². The van der Waals surface area contributed by atoms with Crippen molar-refractivity contribution in [2.75, 3.05) is 13.7 Å². The number of rotatable bonds is 5. The van der Waals surface area contributed by atoms with Crippen LogP contribution in [0.5, 0.6) is 5.75 Å². The molecule has 140 valence electrons. The summed E-state index contributed by atoms with van der Waals surface area (Å²) in [4.78, 5) is 24.6. The van der Waals surface area contributed by atoms with Gasteiger partial charge in [0.05, 0.1) is 25.2 Å². The molecule has 0 bridgehead atoms. The molecule has 1 aliphatic rings. The molecular weight excluding hydrogens is 340 g/mol. The molecule has 2 heterocycles. The number of carbonyl (C=O) groups is 1. The Bertz CT molecular complexity index is 909. The molecule has 1 atom stereocenters. The van der Waals surface area contributed by atoms with Crippen LogP contribution < -0.4 is 15.0 Å². The molecule has 0 spiro atoms. The molecule has 8 heteroatoms. The van der Waals surface area contributed by atoms with Crippen molar-refractivity contribution in [1.29, 1.82) is 0 Å². The van der Waals surface area contributed by atoms with Crippen molar-refractivity contribution >= 4 is 16.9 Å². The number of carbonyl (C=O) groups excluding carboxylic acids is 1. The molecule has 0 saturated carbocycles. The maximum Gasteiger partial charge on any atom is 0.348 e. The van der Waals surface area contributed by atoms with Gasteiger partial charge in [-0.1, -0.05) is 0 Å². The van der Waals surface area contributed by atoms with Gasteiger partial charge in [-0.25, -0.2) is 9.52 Å². The second-order valence-electron chi connectivity index (χ2n) is 7.37. The first kappa shape index (κ1) is 18.2. The third kappa shape index (κ3) is 3.65. The van der Waals surface area contributed by atoms with E-state index in [1.165, 1.54) is 7.11 Å². The maximum atomic E-state index is 12.7. The molecule has 0 N–H and O–H groups in total. The van der Waals surface area contributed by atoms with Crippen LogP contribution in [0.15, 0.2) is 23.3 Å². The van der Waals surface area contributed by atoms with Crippen molar-refractivity contribution in [1.82, 2.24) is 4.57 Å². The normalized spacial score (nSPS) is 16.5. The molecule has 1 aromatic carbocycles. The van der Waals surface area contributed by atoms with E-state index in [1.54, 1.807) is 32.9 Å². The molecule has 1 saturated heterocycles. The summed E-state index contributed by atoms with van der Waals surface area (Å²) in [6.07, 6.45) is 1.83. The Kier molecular flexibility index (Phi) is 4.62. The molecule has 2 aromatic rings. The Labute approximate surface area is 150 Å². The summed E-state index contributed by atoms with van der Waals surface area (Å²) in [7, 11) is 1.51. The van der Waals surface area contributed by atoms with Crippen LogP contribution in [-0.2, 0) is 27.4 Å². The van der Waals surface area contributed by atoms with Crippen LogP contribution in [0.4, 0.5) is 0 Å². The van der Waals surface area contributed by atoms with E-state index in [4.69, 9.17) is 14.2 Å². The number of esters is 1. The van der Waals surface area contributed by atoms with Gasteiger partial charge in [-0.05, 0) is 32.9 Å². The fraction of sp³-hybridized carbons (Fsp3) is 0.500. The second kappa shape index (κ2) is 6.60. The van der Waals surface area contributed by atoms with Gasteiger partial charge in [0.25, 0.3) is 6.33 Å². The van der Waals surface area contributed by atoms with Crippen LogP contribution in [0.2, 0.25) is 0 Å². The lowest BCUT2D eigenvalue weighted by Crippen LogP contribution is -2.37. The van der Waals surface area contributed by atoms with Crippen LogP contribution in [-0.4, -0.2) is 30.4 Å². The summed E-state index contributed by atoms with van der Waals surface area (Å²) >= 11 is 0. The molecule has 3 rings (SSSR count). The Hall–Kier alpha value is -2.61. The maximum absolute atomic E-state index is 12.7. The Morgan fingerprint density at radius 3 is 2.69 bits per heavy atom. The van der Waals surface area contributed by atoms with Crippen molar-refractivity contribution in [2.45, 2.75) is 40.0 Å². The third-order valence-electron chi connectivity index (χ3n) is 4.17. The second-order valence-corrected chi connectivity index (χ2v) is 7.37. The van der Waals surface area contributed by atoms with Crippen LogP contribution in [0.3, 0.4) is 0 Å². The monoisotopic (exact) mass is 362 g/mol. The van der Waals surface area contributed by atoms with Gasteiger partial charge in [0.2, 0.25) is 6.73 Å². The molecule has 1 fully saturated rings. The zero-order valence-electron chi connectivity index (χ0n) is 15.3. The molecule has 8 nitrogen and oxygen atoms in total. The molecule has 0 radical (unpaired) electrons. The van der Waals surface area contributed by atoms with Gasteiger partial charge in [0.1, 0.15) is 16.7 Å². The largest absolute Gasteiger partial charge is 0.711 e. The van der Waals surface area contributed by atoms with Crippen molar-refractivity contribution in [3.8, 4) is 5.75 Å². The lowest BCUT2D eigenvalue weighted by atomic mass is 9.98. The number of benzene rings is 1. The van der Waals surface area contributed by atoms with E-state index in [0.29, 0.717) is 23.5 Å². The van der Waals surface area contributed by atoms with Crippen molar-refractivity contribution < 1.29 is 23.7 Å². The highest BCUT2D eigenvalue weighted by Gasteiger charge is 2.27. The molecule has 26 heavy (non-hydrogen) atoms. The van der Waals surface area contributed by atoms with Gasteiger partial charge < -0.3 is 19.4 Å². The first-order valence-electron chi connectivity index (χ1n) is 8.32. The van der Waals surface area contributed by atoms with Crippen molar-refractivity contribution in [3.05, 3.63) is 39.6 Å². The van der Waals surface area contributed by atoms with E-state index in [2.05, 4.69) is 0 Å². The SMILES string of the molecule is COc1cc2c(=O)n(COC(=O)C(C)(C)C)c[n+]([O-])c2cc1CC1CO1. The lowest BCUT2D eigenvalue weighted by molar-refractivity contribution is -0.582. The Morgan fingerprint density at radius 1 is 1.42 bits per heavy atom. The summed E-state index contributed by atoms with van der Waals surface area (Å²) in [5.41, 5.74) is -0.0775. The van der Waals surface area contributed by atoms with Crippen LogP contribution >= 0.6 is 0 Å². The number of methoxy groups -OCH3 is 1. The quantitative estimate of drug-likeness (QED) is 0.342. The average Bonchev–Trinajstić information content (AvgIpc) is 3.39. The molecular formula is C18H22N2O6. The minimum atomic E-state index is -0.698. The number of aromatic nitrogens is 2. The number of nitrogens with zero attached hydrogens (tertiary/aromatic N) is 2. The smallest absolute Gasteiger partial charge is 0.348 e. The van der Waals surface area contributed by atoms with Crippen molar-refractivity contribution in [3.63, 3.8) is 0 Å². The van der Waals surface area contributed by atoms with Gasteiger partial charge >= 0.3 is 11.5 Å². The fourth-order valence-corrected chi connectivity index (χ4v) is 2.58. The highest BCUT2D eigenvalue weighted by molar-refractivity contribution is 5.78. The standard InChI is InChI=1S/C18H22N2O6/c1-18(2,3)17(22)26-10-19-9-20(23)14-6-11(5-12-8-25-12)15(24-4)7-13(14)16(19)21/h6-7,9,12H,5,8,10H2,1-4H3. The lowest BCUT2D eigenvalue weighted by Gasteiger charge is -2.16. The van der Waals surface area contributed by atoms with Crippen molar-refractivity contribution in [2.24, 2.45) is 5.41 Å². The summed E-state index contributed by atoms with van der Waals surface area (Å²) in [5.74, 6) is 0.0637. The van der Waals surface area contributed by atoms with E-state index in [9.17, 15) is 14.8 Å². The van der Waals surface area contributed by atoms with Gasteiger partial charge in [-0.3, -0.25) is 4.79 Å². The van der Waals surface area contributed by atoms with E-state index < -0.39 is 16.9 Å². The Morgan fingerprint density at radius 2 is 2.12 bits per heavy atom. The van der Waals surface area contributed by atoms with Crippen LogP contribution in [0, 0.1) is 10.6 Å². The van der Waals surface area contributed by atoms with Gasteiger partial charge in [-0.2, -0.15) is 4.57 Å². The molecule has 0 aliphatic carbocycles. The molecule has 0 amide bonds.